The molecule has 2 amide bonds. The van der Waals surface area contributed by atoms with Crippen LogP contribution in [0.1, 0.15) is 41.9 Å². The minimum absolute atomic E-state index is 0.308. The summed E-state index contributed by atoms with van der Waals surface area (Å²) in [5.74, 6) is -0.643. The Morgan fingerprint density at radius 2 is 1.50 bits per heavy atom. The highest BCUT2D eigenvalue weighted by Crippen LogP contribution is 2.21. The van der Waals surface area contributed by atoms with Gasteiger partial charge in [-0.3, -0.25) is 20.4 Å². The molecule has 3 aromatic rings. The largest absolute Gasteiger partial charge is 0.318 e. The Bertz CT molecular complexity index is 971. The van der Waals surface area contributed by atoms with E-state index in [4.69, 9.17) is 0 Å². The van der Waals surface area contributed by atoms with E-state index < -0.39 is 0 Å². The number of carbonyl (C=O) groups excluding carboxylic acids is 2. The number of aromatic nitrogens is 1. The van der Waals surface area contributed by atoms with E-state index in [1.165, 1.54) is 0 Å². The van der Waals surface area contributed by atoms with Gasteiger partial charge in [-0.05, 0) is 52.0 Å². The van der Waals surface area contributed by atoms with Crippen LogP contribution in [0.15, 0.2) is 42.5 Å². The standard InChI is InChI=1S/C20H21N3O2S/c1-12-10-17(14(3)23(12)16-8-6-5-7-9-16)19(24)21-22-20(25)18-11-13(2)26-15(18)4/h5-11H,1-4H3,(H,21,24)(H,22,25). The topological polar surface area (TPSA) is 63.1 Å². The first-order valence-electron chi connectivity index (χ1n) is 8.30. The number of thiophene rings is 1. The normalized spacial score (nSPS) is 10.6. The molecule has 134 valence electrons. The first-order valence-corrected chi connectivity index (χ1v) is 9.12. The second-order valence-electron chi connectivity index (χ2n) is 6.19. The van der Waals surface area contributed by atoms with Crippen molar-refractivity contribution in [1.29, 1.82) is 0 Å². The first-order chi connectivity index (χ1) is 12.4. The summed E-state index contributed by atoms with van der Waals surface area (Å²) in [7, 11) is 0. The summed E-state index contributed by atoms with van der Waals surface area (Å²) >= 11 is 1.56. The van der Waals surface area contributed by atoms with Crippen molar-refractivity contribution in [3.05, 3.63) is 74.7 Å². The van der Waals surface area contributed by atoms with Gasteiger partial charge in [-0.1, -0.05) is 18.2 Å². The maximum absolute atomic E-state index is 12.6. The molecular weight excluding hydrogens is 346 g/mol. The summed E-state index contributed by atoms with van der Waals surface area (Å²) in [5, 5.41) is 0. The van der Waals surface area contributed by atoms with Gasteiger partial charge < -0.3 is 4.57 Å². The summed E-state index contributed by atoms with van der Waals surface area (Å²) < 4.78 is 2.02. The van der Waals surface area contributed by atoms with Crippen LogP contribution in [-0.4, -0.2) is 16.4 Å². The molecule has 0 saturated carbocycles. The summed E-state index contributed by atoms with van der Waals surface area (Å²) in [4.78, 5) is 26.8. The number of amides is 2. The molecule has 0 spiro atoms. The van der Waals surface area contributed by atoms with Crippen LogP contribution in [0.5, 0.6) is 0 Å². The third-order valence-electron chi connectivity index (χ3n) is 4.27. The van der Waals surface area contributed by atoms with Crippen LogP contribution >= 0.6 is 11.3 Å². The molecule has 2 aromatic heterocycles. The molecule has 5 nitrogen and oxygen atoms in total. The summed E-state index contributed by atoms with van der Waals surface area (Å²) in [6.45, 7) is 7.68. The number of benzene rings is 1. The van der Waals surface area contributed by atoms with E-state index in [0.717, 1.165) is 26.8 Å². The Morgan fingerprint density at radius 1 is 0.885 bits per heavy atom. The second-order valence-corrected chi connectivity index (χ2v) is 7.65. The number of hydrogen-bond donors (Lipinski definition) is 2. The molecule has 0 aliphatic rings. The highest BCUT2D eigenvalue weighted by Gasteiger charge is 2.18. The van der Waals surface area contributed by atoms with E-state index in [1.54, 1.807) is 11.3 Å². The van der Waals surface area contributed by atoms with Gasteiger partial charge in [0, 0.05) is 26.8 Å². The number of hydrazine groups is 1. The Kier molecular flexibility index (Phi) is 4.95. The van der Waals surface area contributed by atoms with E-state index in [9.17, 15) is 9.59 Å². The van der Waals surface area contributed by atoms with Crippen molar-refractivity contribution in [3.8, 4) is 5.69 Å². The zero-order valence-electron chi connectivity index (χ0n) is 15.2. The van der Waals surface area contributed by atoms with Crippen LogP contribution in [0.4, 0.5) is 0 Å². The molecular formula is C20H21N3O2S. The van der Waals surface area contributed by atoms with Crippen LogP contribution in [0.25, 0.3) is 5.69 Å². The average molecular weight is 367 g/mol. The van der Waals surface area contributed by atoms with Gasteiger partial charge in [0.25, 0.3) is 11.8 Å². The second kappa shape index (κ2) is 7.17. The lowest BCUT2D eigenvalue weighted by Gasteiger charge is -2.10. The Balaban J connectivity index is 1.77. The molecule has 2 heterocycles. The fourth-order valence-corrected chi connectivity index (χ4v) is 3.99. The number of carbonyl (C=O) groups is 2. The lowest BCUT2D eigenvalue weighted by Crippen LogP contribution is -2.41. The maximum atomic E-state index is 12.6. The fraction of sp³-hybridized carbons (Fsp3) is 0.200. The molecule has 0 saturated heterocycles. The summed E-state index contributed by atoms with van der Waals surface area (Å²) in [6.07, 6.45) is 0. The third kappa shape index (κ3) is 3.41. The zero-order valence-corrected chi connectivity index (χ0v) is 16.0. The highest BCUT2D eigenvalue weighted by molar-refractivity contribution is 7.12. The van der Waals surface area contributed by atoms with Crippen molar-refractivity contribution in [1.82, 2.24) is 15.4 Å². The molecule has 2 N–H and O–H groups in total. The van der Waals surface area contributed by atoms with E-state index in [2.05, 4.69) is 10.9 Å². The Morgan fingerprint density at radius 3 is 2.08 bits per heavy atom. The summed E-state index contributed by atoms with van der Waals surface area (Å²) in [5.41, 5.74) is 8.91. The predicted octanol–water partition coefficient (Wildman–Crippen LogP) is 3.85. The zero-order chi connectivity index (χ0) is 18.8. The van der Waals surface area contributed by atoms with E-state index in [-0.39, 0.29) is 11.8 Å². The van der Waals surface area contributed by atoms with Crippen molar-refractivity contribution >= 4 is 23.2 Å². The lowest BCUT2D eigenvalue weighted by molar-refractivity contribution is 0.0846. The first kappa shape index (κ1) is 17.9. The summed E-state index contributed by atoms with van der Waals surface area (Å²) in [6, 6.07) is 13.5. The molecule has 0 radical (unpaired) electrons. The molecule has 26 heavy (non-hydrogen) atoms. The van der Waals surface area contributed by atoms with Crippen molar-refractivity contribution in [2.24, 2.45) is 0 Å². The number of rotatable bonds is 3. The minimum atomic E-state index is -0.335. The van der Waals surface area contributed by atoms with Gasteiger partial charge in [-0.25, -0.2) is 0 Å². The molecule has 0 aliphatic heterocycles. The molecule has 0 unspecified atom stereocenters. The number of hydrogen-bond acceptors (Lipinski definition) is 3. The van der Waals surface area contributed by atoms with E-state index in [0.29, 0.717) is 11.1 Å². The molecule has 0 aliphatic carbocycles. The SMILES string of the molecule is Cc1cc(C(=O)NNC(=O)c2cc(C)n(-c3ccccc3)c2C)c(C)s1. The van der Waals surface area contributed by atoms with Crippen LogP contribution in [0.2, 0.25) is 0 Å². The van der Waals surface area contributed by atoms with Crippen molar-refractivity contribution in [2.75, 3.05) is 0 Å². The van der Waals surface area contributed by atoms with E-state index in [1.807, 2.05) is 74.7 Å². The quantitative estimate of drug-likeness (QED) is 0.691. The van der Waals surface area contributed by atoms with Gasteiger partial charge in [0.2, 0.25) is 0 Å². The molecule has 6 heteroatoms. The highest BCUT2D eigenvalue weighted by atomic mass is 32.1. The number of para-hydroxylation sites is 1. The lowest BCUT2D eigenvalue weighted by atomic mass is 10.2. The number of nitrogens with one attached hydrogen (secondary N) is 2. The third-order valence-corrected chi connectivity index (χ3v) is 5.23. The van der Waals surface area contributed by atoms with Gasteiger partial charge in [0.1, 0.15) is 0 Å². The molecule has 1 aromatic carbocycles. The van der Waals surface area contributed by atoms with Crippen molar-refractivity contribution in [2.45, 2.75) is 27.7 Å². The van der Waals surface area contributed by atoms with Gasteiger partial charge in [-0.2, -0.15) is 0 Å². The Hall–Kier alpha value is -2.86. The smallest absolute Gasteiger partial charge is 0.271 e. The molecule has 0 bridgehead atoms. The maximum Gasteiger partial charge on any atom is 0.271 e. The van der Waals surface area contributed by atoms with Crippen LogP contribution in [0, 0.1) is 27.7 Å². The van der Waals surface area contributed by atoms with E-state index >= 15 is 0 Å². The van der Waals surface area contributed by atoms with Gasteiger partial charge >= 0.3 is 0 Å². The number of nitrogens with zero attached hydrogens (tertiary/aromatic N) is 1. The number of aryl methyl sites for hydroxylation is 3. The van der Waals surface area contributed by atoms with Gasteiger partial charge in [0.15, 0.2) is 0 Å². The molecule has 0 atom stereocenters. The van der Waals surface area contributed by atoms with Crippen LogP contribution in [-0.2, 0) is 0 Å². The predicted molar refractivity (Wildman–Crippen MR) is 104 cm³/mol. The molecule has 0 fully saturated rings. The van der Waals surface area contributed by atoms with Crippen LogP contribution in [0.3, 0.4) is 0 Å². The average Bonchev–Trinajstić information content (AvgIpc) is 3.11. The minimum Gasteiger partial charge on any atom is -0.318 e. The van der Waals surface area contributed by atoms with Gasteiger partial charge in [-0.15, -0.1) is 11.3 Å². The Labute approximate surface area is 156 Å². The van der Waals surface area contributed by atoms with Crippen molar-refractivity contribution in [3.63, 3.8) is 0 Å². The van der Waals surface area contributed by atoms with Crippen LogP contribution < -0.4 is 10.9 Å². The van der Waals surface area contributed by atoms with Crippen molar-refractivity contribution < 1.29 is 9.59 Å². The molecule has 3 rings (SSSR count). The fourth-order valence-electron chi connectivity index (χ4n) is 3.07. The monoisotopic (exact) mass is 367 g/mol. The van der Waals surface area contributed by atoms with Gasteiger partial charge in [0.05, 0.1) is 11.1 Å².